The molecular formula is C25H31ClN4O3. The number of rotatable bonds is 9. The van der Waals surface area contributed by atoms with Crippen molar-refractivity contribution in [2.24, 2.45) is 0 Å². The van der Waals surface area contributed by atoms with Gasteiger partial charge in [0.2, 0.25) is 11.7 Å². The molecule has 1 aromatic carbocycles. The van der Waals surface area contributed by atoms with E-state index in [0.29, 0.717) is 18.4 Å². The quantitative estimate of drug-likeness (QED) is 0.431. The van der Waals surface area contributed by atoms with E-state index in [2.05, 4.69) is 33.9 Å². The summed E-state index contributed by atoms with van der Waals surface area (Å²) in [4.78, 5) is 18.9. The largest absolute Gasteiger partial charge is 0.490 e. The minimum atomic E-state index is -0.430. The molecule has 0 saturated carbocycles. The van der Waals surface area contributed by atoms with Gasteiger partial charge in [0.05, 0.1) is 33.1 Å². The van der Waals surface area contributed by atoms with E-state index in [0.717, 1.165) is 54.4 Å². The first kappa shape index (κ1) is 24.6. The molecule has 0 spiro atoms. The standard InChI is InChI=1S/C25H31ClN4O3/c1-5-20(7-6-18(2)15-26)16-30-17-23(32-4)24(31)28-25(30)27-22-9-8-21(14-19(22)3)29-10-12-33-13-11-29/h5-9,14,17H,1,10-13,15-16H2,2-4H3,(H,27,28,31)/b18-6-,20-7+. The van der Waals surface area contributed by atoms with Crippen molar-refractivity contribution in [1.29, 1.82) is 0 Å². The Bertz CT molecular complexity index is 1100. The number of morpholine rings is 1. The monoisotopic (exact) mass is 470 g/mol. The van der Waals surface area contributed by atoms with Gasteiger partial charge in [0, 0.05) is 30.3 Å². The number of benzene rings is 1. The topological polar surface area (TPSA) is 68.6 Å². The summed E-state index contributed by atoms with van der Waals surface area (Å²) in [5.41, 5.74) is 4.63. The maximum atomic E-state index is 12.4. The van der Waals surface area contributed by atoms with E-state index in [1.165, 1.54) is 7.11 Å². The highest BCUT2D eigenvalue weighted by atomic mass is 35.5. The molecule has 2 heterocycles. The molecule has 1 aliphatic rings. The normalized spacial score (nSPS) is 14.8. The zero-order valence-corrected chi connectivity index (χ0v) is 20.2. The van der Waals surface area contributed by atoms with Crippen LogP contribution in [0.4, 0.5) is 17.3 Å². The molecule has 0 amide bonds. The molecule has 1 aliphatic heterocycles. The van der Waals surface area contributed by atoms with Crippen LogP contribution in [0.15, 0.2) is 65.1 Å². The molecule has 1 fully saturated rings. The SMILES string of the molecule is C=C/C(=C\C=C(\C)CCl)Cn1cc(OC)c(=O)nc1Nc1ccc(N2CCOCC2)cc1C. The number of anilines is 3. The van der Waals surface area contributed by atoms with Gasteiger partial charge in [0.15, 0.2) is 0 Å². The first-order chi connectivity index (χ1) is 15.9. The van der Waals surface area contributed by atoms with Crippen molar-refractivity contribution in [3.63, 3.8) is 0 Å². The number of ether oxygens (including phenoxy) is 2. The Balaban J connectivity index is 1.91. The van der Waals surface area contributed by atoms with Crippen LogP contribution in [0.1, 0.15) is 12.5 Å². The van der Waals surface area contributed by atoms with Gasteiger partial charge in [-0.05, 0) is 43.2 Å². The predicted molar refractivity (Wildman–Crippen MR) is 135 cm³/mol. The highest BCUT2D eigenvalue weighted by Gasteiger charge is 2.14. The smallest absolute Gasteiger partial charge is 0.316 e. The molecule has 8 heteroatoms. The first-order valence-electron chi connectivity index (χ1n) is 10.9. The molecular weight excluding hydrogens is 440 g/mol. The third-order valence-electron chi connectivity index (χ3n) is 5.42. The van der Waals surface area contributed by atoms with Gasteiger partial charge >= 0.3 is 5.56 Å². The zero-order chi connectivity index (χ0) is 23.8. The Morgan fingerprint density at radius 1 is 1.33 bits per heavy atom. The van der Waals surface area contributed by atoms with Gasteiger partial charge in [-0.2, -0.15) is 4.98 Å². The summed E-state index contributed by atoms with van der Waals surface area (Å²) in [7, 11) is 1.46. The highest BCUT2D eigenvalue weighted by molar-refractivity contribution is 6.19. The van der Waals surface area contributed by atoms with E-state index >= 15 is 0 Å². The summed E-state index contributed by atoms with van der Waals surface area (Å²) in [5, 5.41) is 3.32. The van der Waals surface area contributed by atoms with E-state index in [1.807, 2.05) is 36.6 Å². The second kappa shape index (κ2) is 11.7. The van der Waals surface area contributed by atoms with Crippen LogP contribution in [0.2, 0.25) is 0 Å². The Labute approximate surface area is 200 Å². The lowest BCUT2D eigenvalue weighted by molar-refractivity contribution is 0.122. The molecule has 33 heavy (non-hydrogen) atoms. The summed E-state index contributed by atoms with van der Waals surface area (Å²) in [5.74, 6) is 1.06. The van der Waals surface area contributed by atoms with Gasteiger partial charge < -0.3 is 24.3 Å². The summed E-state index contributed by atoms with van der Waals surface area (Å²) in [6.07, 6.45) is 7.35. The average Bonchev–Trinajstić information content (AvgIpc) is 2.84. The first-order valence-corrected chi connectivity index (χ1v) is 11.4. The van der Waals surface area contributed by atoms with Crippen molar-refractivity contribution in [3.8, 4) is 5.75 Å². The number of hydrogen-bond donors (Lipinski definition) is 1. The number of alkyl halides is 1. The van der Waals surface area contributed by atoms with Gasteiger partial charge in [-0.1, -0.05) is 30.4 Å². The van der Waals surface area contributed by atoms with E-state index < -0.39 is 5.56 Å². The van der Waals surface area contributed by atoms with Crippen molar-refractivity contribution in [3.05, 3.63) is 76.3 Å². The summed E-state index contributed by atoms with van der Waals surface area (Å²) in [6, 6.07) is 6.22. The predicted octanol–water partition coefficient (Wildman–Crippen LogP) is 4.44. The maximum absolute atomic E-state index is 12.4. The molecule has 2 aromatic rings. The molecule has 0 unspecified atom stereocenters. The van der Waals surface area contributed by atoms with Gasteiger partial charge in [0.1, 0.15) is 0 Å². The van der Waals surface area contributed by atoms with E-state index in [-0.39, 0.29) is 5.75 Å². The van der Waals surface area contributed by atoms with Crippen molar-refractivity contribution in [2.75, 3.05) is 49.5 Å². The van der Waals surface area contributed by atoms with Crippen LogP contribution >= 0.6 is 11.6 Å². The van der Waals surface area contributed by atoms with E-state index in [1.54, 1.807) is 12.3 Å². The van der Waals surface area contributed by atoms with E-state index in [4.69, 9.17) is 21.1 Å². The fourth-order valence-corrected chi connectivity index (χ4v) is 3.53. The lowest BCUT2D eigenvalue weighted by atomic mass is 10.1. The fourth-order valence-electron chi connectivity index (χ4n) is 3.44. The molecule has 3 rings (SSSR count). The molecule has 1 N–H and O–H groups in total. The van der Waals surface area contributed by atoms with Gasteiger partial charge in [-0.3, -0.25) is 4.79 Å². The van der Waals surface area contributed by atoms with Crippen molar-refractivity contribution < 1.29 is 9.47 Å². The Hall–Kier alpha value is -3.03. The Morgan fingerprint density at radius 2 is 2.09 bits per heavy atom. The minimum absolute atomic E-state index is 0.177. The molecule has 176 valence electrons. The van der Waals surface area contributed by atoms with Crippen molar-refractivity contribution in [1.82, 2.24) is 9.55 Å². The highest BCUT2D eigenvalue weighted by Crippen LogP contribution is 2.26. The third kappa shape index (κ3) is 6.49. The molecule has 1 aromatic heterocycles. The Kier molecular flexibility index (Phi) is 8.74. The lowest BCUT2D eigenvalue weighted by Crippen LogP contribution is -2.36. The van der Waals surface area contributed by atoms with Crippen LogP contribution in [-0.2, 0) is 11.3 Å². The van der Waals surface area contributed by atoms with Crippen LogP contribution < -0.4 is 20.5 Å². The maximum Gasteiger partial charge on any atom is 0.316 e. The van der Waals surface area contributed by atoms with Crippen LogP contribution in [0.3, 0.4) is 0 Å². The number of nitrogens with zero attached hydrogens (tertiary/aromatic N) is 3. The molecule has 7 nitrogen and oxygen atoms in total. The number of methoxy groups -OCH3 is 1. The molecule has 0 atom stereocenters. The van der Waals surface area contributed by atoms with Gasteiger partial charge in [-0.15, -0.1) is 11.6 Å². The average molecular weight is 471 g/mol. The van der Waals surface area contributed by atoms with E-state index in [9.17, 15) is 4.79 Å². The number of allylic oxidation sites excluding steroid dienone is 5. The number of hydrogen-bond acceptors (Lipinski definition) is 6. The number of aromatic nitrogens is 2. The Morgan fingerprint density at radius 3 is 2.73 bits per heavy atom. The van der Waals surface area contributed by atoms with Crippen LogP contribution in [0.5, 0.6) is 5.75 Å². The molecule has 0 radical (unpaired) electrons. The molecule has 0 bridgehead atoms. The van der Waals surface area contributed by atoms with Crippen LogP contribution in [0.25, 0.3) is 0 Å². The second-order valence-electron chi connectivity index (χ2n) is 7.88. The second-order valence-corrected chi connectivity index (χ2v) is 8.15. The van der Waals surface area contributed by atoms with Crippen LogP contribution in [-0.4, -0.2) is 48.8 Å². The third-order valence-corrected chi connectivity index (χ3v) is 5.85. The lowest BCUT2D eigenvalue weighted by Gasteiger charge is -2.29. The van der Waals surface area contributed by atoms with Gasteiger partial charge in [-0.25, -0.2) is 0 Å². The summed E-state index contributed by atoms with van der Waals surface area (Å²) < 4.78 is 12.5. The minimum Gasteiger partial charge on any atom is -0.490 e. The number of halogens is 1. The summed E-state index contributed by atoms with van der Waals surface area (Å²) in [6.45, 7) is 11.6. The molecule has 1 saturated heterocycles. The zero-order valence-electron chi connectivity index (χ0n) is 19.4. The summed E-state index contributed by atoms with van der Waals surface area (Å²) >= 11 is 5.88. The molecule has 0 aliphatic carbocycles. The van der Waals surface area contributed by atoms with Crippen LogP contribution in [0, 0.1) is 6.92 Å². The number of nitrogens with one attached hydrogen (secondary N) is 1. The van der Waals surface area contributed by atoms with Crippen molar-refractivity contribution >= 4 is 28.9 Å². The van der Waals surface area contributed by atoms with Gasteiger partial charge in [0.25, 0.3) is 0 Å². The fraction of sp³-hybridized carbons (Fsp3) is 0.360. The van der Waals surface area contributed by atoms with Crippen molar-refractivity contribution in [2.45, 2.75) is 20.4 Å². The number of aryl methyl sites for hydroxylation is 1.